The van der Waals surface area contributed by atoms with Crippen molar-refractivity contribution in [2.75, 3.05) is 6.66 Å². The normalized spacial score (nSPS) is 5.67. The minimum atomic E-state index is -3.29. The van der Waals surface area contributed by atoms with Gasteiger partial charge in [0.05, 0.1) is 6.10 Å². The predicted octanol–water partition coefficient (Wildman–Crippen LogP) is 0.928. The Bertz CT molecular complexity index is 231. The van der Waals surface area contributed by atoms with E-state index in [1.165, 1.54) is 6.66 Å². The van der Waals surface area contributed by atoms with Gasteiger partial charge in [0, 0.05) is 2110 Å². The predicted molar refractivity (Wildman–Crippen MR) is 47.1 cm³/mol. The van der Waals surface area contributed by atoms with Crippen LogP contribution in [-0.2, 0) is 2100 Å². The molecule has 0 aromatic carbocycles. The molecule has 1 saturated carbocycles. The van der Waals surface area contributed by atoms with Crippen LogP contribution >= 0.6 is 7.60 Å². The minimum absolute atomic E-state index is 0. The van der Waals surface area contributed by atoms with Crippen LogP contribution in [0.3, 0.4) is 0 Å². The van der Waals surface area contributed by atoms with Crippen LogP contribution in [0.2, 0.25) is 0 Å². The first-order chi connectivity index (χ1) is 5.47. The summed E-state index contributed by atoms with van der Waals surface area (Å²) in [5.74, 6) is 0. The van der Waals surface area contributed by atoms with Gasteiger partial charge in [-0.2, -0.15) is 0 Å². The first kappa shape index (κ1) is 455. The van der Waals surface area contributed by atoms with Crippen molar-refractivity contribution in [3.05, 3.63) is 0 Å². The molecule has 4 nitrogen and oxygen atoms in total. The average molecular weight is 5880 g/mol. The van der Waals surface area contributed by atoms with Gasteiger partial charge in [0.2, 0.25) is 0 Å². The Morgan fingerprint density at radius 3 is 0.382 bits per heavy atom. The molecule has 0 aromatic heterocycles. The molecule has 264 valence electrons. The van der Waals surface area contributed by atoms with Crippen molar-refractivity contribution in [3.63, 3.8) is 0 Å². The third kappa shape index (κ3) is 407. The van der Waals surface area contributed by atoms with Gasteiger partial charge in [-0.3, -0.25) is 4.57 Å². The van der Waals surface area contributed by atoms with Crippen molar-refractivity contribution in [2.24, 2.45) is 5.73 Å². The first-order valence-corrected chi connectivity index (χ1v) is 6.24. The molecule has 1 aliphatic carbocycles. The summed E-state index contributed by atoms with van der Waals surface area (Å²) in [6.07, 6.45) is 3.33. The van der Waals surface area contributed by atoms with E-state index in [1.54, 1.807) is 0 Å². The van der Waals surface area contributed by atoms with Gasteiger partial charge in [-0.1, -0.05) is 0 Å². The van der Waals surface area contributed by atoms with Crippen LogP contribution in [0, 0.1) is 0 Å². The summed E-state index contributed by atoms with van der Waals surface area (Å²) in [5.41, 5.74) is 5.67. The van der Waals surface area contributed by atoms with Gasteiger partial charge in [0.1, 0.15) is 0 Å². The largest absolute Gasteiger partial charge is 0.328 e. The second kappa shape index (κ2) is 397. The molecule has 3 N–H and O–H groups in total. The smallest absolute Gasteiger partial charge is 0.325 e. The van der Waals surface area contributed by atoms with Gasteiger partial charge in [0.25, 0.3) is 0 Å². The topological polar surface area (TPSA) is 72.5 Å². The zero-order valence-electron chi connectivity index (χ0n) is 44.2. The Kier molecular flexibility index (Phi) is 2380. The molecule has 1 aliphatic rings. The van der Waals surface area contributed by atoms with Crippen LogP contribution in [0.1, 0.15) is 25.7 Å². The van der Waals surface area contributed by atoms with E-state index < -0.39 is 7.60 Å². The summed E-state index contributed by atoms with van der Waals surface area (Å²) in [5, 5.41) is 0. The summed E-state index contributed by atoms with van der Waals surface area (Å²) < 4.78 is 15.8. The van der Waals surface area contributed by atoms with Gasteiger partial charge >= 0.3 is 7.60 Å². The van der Waals surface area contributed by atoms with Gasteiger partial charge in [-0.05, 0) is 25.7 Å². The number of hydrogen-bond acceptors (Lipinski definition) is 3. The van der Waals surface area contributed by atoms with E-state index in [1.807, 2.05) is 0 Å². The minimum Gasteiger partial charge on any atom is -0.328 e. The quantitative estimate of drug-likeness (QED) is 0.405. The van der Waals surface area contributed by atoms with E-state index in [2.05, 4.69) is 0 Å². The molecule has 0 spiro atoms. The standard InChI is InChI=1S/C7H16NO3P.64Y/c1-12(9,10)11-7-4-2-6(8)3-5-7;;;;;;;;;;;;;;;;;;;;;;;;;;;;;;;;;;;;;;;;;;;;;;;;;;;;;;;;;;;;;;;;/h6-7H,2-5,8H2,1H3,(H,9,10);;;;;;;;;;;;;;;;;;;;;;;;;;;;;;;;;;;;;;;;;;;;;;;;;;;;;;;;;;;;;;;;. The molecule has 69 heteroatoms. The zero-order valence-corrected chi connectivity index (χ0v) is 227. The van der Waals surface area contributed by atoms with E-state index in [9.17, 15) is 4.57 Å². The molecule has 1 atom stereocenters. The molecule has 76 heavy (non-hydrogen) atoms. The van der Waals surface area contributed by atoms with E-state index in [-0.39, 0.29) is 2110 Å². The molecule has 0 aliphatic heterocycles. The Labute approximate surface area is 2080 Å². The van der Waals surface area contributed by atoms with Crippen molar-refractivity contribution >= 4 is 7.60 Å². The van der Waals surface area contributed by atoms with Gasteiger partial charge in [-0.25, -0.2) is 0 Å². The molecule has 0 aromatic rings. The molecule has 0 heterocycles. The molecular formula is C7H16NO3PY64. The summed E-state index contributed by atoms with van der Waals surface area (Å²) in [6.45, 7) is 1.22. The van der Waals surface area contributed by atoms with Crippen LogP contribution in [0.25, 0.3) is 0 Å². The Morgan fingerprint density at radius 1 is 0.237 bits per heavy atom. The molecule has 1 rings (SSSR count). The molecule has 64 radical (unpaired) electrons. The van der Waals surface area contributed by atoms with Crippen LogP contribution < -0.4 is 5.73 Å². The second-order valence-electron chi connectivity index (χ2n) is 3.45. The van der Waals surface area contributed by atoms with Crippen molar-refractivity contribution in [1.29, 1.82) is 0 Å². The monoisotopic (exact) mass is 5880 g/mol. The third-order valence-corrected chi connectivity index (χ3v) is 2.75. The summed E-state index contributed by atoms with van der Waals surface area (Å²) in [4.78, 5) is 8.94. The average Bonchev–Trinajstić information content (AvgIpc) is 1.91. The van der Waals surface area contributed by atoms with Crippen molar-refractivity contribution < 1.29 is 2110 Å². The van der Waals surface area contributed by atoms with Crippen LogP contribution in [0.4, 0.5) is 0 Å². The fraction of sp³-hybridized carbons (Fsp3) is 1.00. The maximum Gasteiger partial charge on any atom is 0.325 e. The molecule has 1 fully saturated rings. The van der Waals surface area contributed by atoms with Gasteiger partial charge in [0.15, 0.2) is 0 Å². The molecule has 0 bridgehead atoms. The summed E-state index contributed by atoms with van der Waals surface area (Å²) in [7, 11) is -3.29. The fourth-order valence-electron chi connectivity index (χ4n) is 1.47. The number of hydrogen-bond donors (Lipinski definition) is 2. The van der Waals surface area contributed by atoms with Crippen molar-refractivity contribution in [3.8, 4) is 0 Å². The molecule has 0 amide bonds. The summed E-state index contributed by atoms with van der Waals surface area (Å²) in [6, 6.07) is 0.250. The van der Waals surface area contributed by atoms with Crippen LogP contribution in [0.5, 0.6) is 0 Å². The van der Waals surface area contributed by atoms with Crippen LogP contribution in [0.15, 0.2) is 0 Å². The van der Waals surface area contributed by atoms with E-state index >= 15 is 0 Å². The molecular weight excluding hydrogens is 5870 g/mol. The van der Waals surface area contributed by atoms with Crippen molar-refractivity contribution in [1.82, 2.24) is 0 Å². The Hall–Kier alpha value is 70.8. The number of rotatable bonds is 2. The van der Waals surface area contributed by atoms with Gasteiger partial charge in [-0.15, -0.1) is 0 Å². The number of nitrogens with two attached hydrogens (primary N) is 1. The first-order valence-electron chi connectivity index (χ1n) is 4.21. The van der Waals surface area contributed by atoms with E-state index in [4.69, 9.17) is 15.2 Å². The maximum atomic E-state index is 10.9. The van der Waals surface area contributed by atoms with E-state index in [0.29, 0.717) is 0 Å². The zero-order chi connectivity index (χ0) is 9.19. The van der Waals surface area contributed by atoms with E-state index in [0.717, 1.165) is 25.7 Å². The van der Waals surface area contributed by atoms with Crippen LogP contribution in [-0.4, -0.2) is 23.7 Å². The van der Waals surface area contributed by atoms with Gasteiger partial charge < -0.3 is 15.2 Å². The molecule has 1 unspecified atom stereocenters. The maximum absolute atomic E-state index is 10.9. The third-order valence-electron chi connectivity index (χ3n) is 2.06. The summed E-state index contributed by atoms with van der Waals surface area (Å²) >= 11 is 0. The van der Waals surface area contributed by atoms with Crippen molar-refractivity contribution in [2.45, 2.75) is 37.8 Å². The second-order valence-corrected chi connectivity index (χ2v) is 5.26. The molecule has 0 saturated heterocycles. The fourth-order valence-corrected chi connectivity index (χ4v) is 2.23. The Morgan fingerprint density at radius 2 is 0.316 bits per heavy atom. The Balaban J connectivity index is -0.000000000363. The SMILES string of the molecule is CP(=O)(O)OC1CCC(N)CC1.[Y].[Y].[Y].[Y].[Y].[Y].[Y].[Y].[Y].[Y].[Y].[Y].[Y].[Y].[Y].[Y].[Y].[Y].[Y].[Y].[Y].[Y].[Y].[Y].[Y].[Y].[Y].[Y].[Y].[Y].[Y].[Y].[Y].[Y].[Y].[Y].[Y].[Y].[Y].[Y].[Y].[Y].[Y].[Y].[Y].[Y].[Y].[Y].[Y].[Y].[Y].[Y].[Y].[Y].[Y].[Y].[Y].[Y].[Y].[Y].[Y].[Y].[Y].[Y].